The number of hydrogen-bond acceptors (Lipinski definition) is 7. The van der Waals surface area contributed by atoms with Crippen LogP contribution in [0.4, 0.5) is 5.13 Å². The lowest BCUT2D eigenvalue weighted by Crippen LogP contribution is -2.39. The highest BCUT2D eigenvalue weighted by molar-refractivity contribution is 7.22. The Balaban J connectivity index is 1.33. The number of carbonyl (C=O) groups is 1. The third-order valence-electron chi connectivity index (χ3n) is 5.61. The number of ether oxygens (including phenoxy) is 3. The quantitative estimate of drug-likeness (QED) is 0.461. The normalized spacial score (nSPS) is 16.0. The number of benzene rings is 2. The van der Waals surface area contributed by atoms with E-state index in [0.717, 1.165) is 60.8 Å². The summed E-state index contributed by atoms with van der Waals surface area (Å²) in [5.41, 5.74) is 1.71. The molecule has 1 aromatic heterocycles. The van der Waals surface area contributed by atoms with Crippen molar-refractivity contribution >= 4 is 50.3 Å². The molecular formula is C24H24ClN3O4S. The molecule has 0 spiro atoms. The van der Waals surface area contributed by atoms with Gasteiger partial charge < -0.3 is 14.2 Å². The second-order valence-electron chi connectivity index (χ2n) is 7.85. The van der Waals surface area contributed by atoms with Crippen LogP contribution in [0, 0.1) is 0 Å². The Labute approximate surface area is 201 Å². The van der Waals surface area contributed by atoms with Crippen molar-refractivity contribution in [2.24, 2.45) is 0 Å². The molecule has 7 nitrogen and oxygen atoms in total. The van der Waals surface area contributed by atoms with Crippen molar-refractivity contribution in [2.45, 2.75) is 6.42 Å². The van der Waals surface area contributed by atoms with Gasteiger partial charge in [-0.1, -0.05) is 29.0 Å². The second-order valence-corrected chi connectivity index (χ2v) is 9.30. The van der Waals surface area contributed by atoms with Crippen LogP contribution in [0.5, 0.6) is 11.5 Å². The van der Waals surface area contributed by atoms with E-state index in [4.69, 9.17) is 30.8 Å². The van der Waals surface area contributed by atoms with Crippen molar-refractivity contribution in [3.05, 3.63) is 53.1 Å². The molecule has 2 aliphatic heterocycles. The summed E-state index contributed by atoms with van der Waals surface area (Å²) in [6.45, 7) is 5.10. The van der Waals surface area contributed by atoms with Gasteiger partial charge in [-0.2, -0.15) is 0 Å². The zero-order valence-corrected chi connectivity index (χ0v) is 19.6. The molecule has 1 fully saturated rings. The molecular weight excluding hydrogens is 462 g/mol. The molecule has 0 saturated carbocycles. The first kappa shape index (κ1) is 22.2. The van der Waals surface area contributed by atoms with Crippen molar-refractivity contribution in [1.29, 1.82) is 0 Å². The molecule has 0 unspecified atom stereocenters. The first-order valence-electron chi connectivity index (χ1n) is 10.9. The SMILES string of the molecule is O=C(/C=C/c1ccc2c(c1)OCO2)N(CCCN1CCOCC1)c1nc2ccc(Cl)cc2s1. The number of anilines is 1. The van der Waals surface area contributed by atoms with Gasteiger partial charge in [0.05, 0.1) is 23.4 Å². The summed E-state index contributed by atoms with van der Waals surface area (Å²) in [5, 5.41) is 1.33. The van der Waals surface area contributed by atoms with Crippen molar-refractivity contribution in [3.8, 4) is 11.5 Å². The predicted octanol–water partition coefficient (Wildman–Crippen LogP) is 4.45. The van der Waals surface area contributed by atoms with E-state index in [-0.39, 0.29) is 12.7 Å². The number of nitrogens with zero attached hydrogens (tertiary/aromatic N) is 3. The lowest BCUT2D eigenvalue weighted by molar-refractivity contribution is -0.114. The van der Waals surface area contributed by atoms with Gasteiger partial charge in [0.2, 0.25) is 6.79 Å². The third-order valence-corrected chi connectivity index (χ3v) is 6.89. The molecule has 2 aliphatic rings. The van der Waals surface area contributed by atoms with Gasteiger partial charge in [0.15, 0.2) is 16.6 Å². The maximum atomic E-state index is 13.3. The molecule has 1 amide bonds. The summed E-state index contributed by atoms with van der Waals surface area (Å²) in [5.74, 6) is 1.30. The largest absolute Gasteiger partial charge is 0.454 e. The van der Waals surface area contributed by atoms with Gasteiger partial charge in [-0.25, -0.2) is 4.98 Å². The highest BCUT2D eigenvalue weighted by Gasteiger charge is 2.19. The number of amides is 1. The minimum atomic E-state index is -0.111. The minimum Gasteiger partial charge on any atom is -0.454 e. The van der Waals surface area contributed by atoms with Crippen LogP contribution in [0.2, 0.25) is 5.02 Å². The summed E-state index contributed by atoms with van der Waals surface area (Å²) in [6, 6.07) is 11.2. The van der Waals surface area contributed by atoms with E-state index in [2.05, 4.69) is 4.90 Å². The average molecular weight is 486 g/mol. The monoisotopic (exact) mass is 485 g/mol. The van der Waals surface area contributed by atoms with E-state index in [1.165, 1.54) is 11.3 Å². The number of hydrogen-bond donors (Lipinski definition) is 0. The summed E-state index contributed by atoms with van der Waals surface area (Å²) < 4.78 is 17.2. The van der Waals surface area contributed by atoms with E-state index in [0.29, 0.717) is 22.4 Å². The fourth-order valence-corrected chi connectivity index (χ4v) is 5.13. The molecule has 2 aromatic carbocycles. The highest BCUT2D eigenvalue weighted by Crippen LogP contribution is 2.33. The fraction of sp³-hybridized carbons (Fsp3) is 0.333. The molecule has 0 N–H and O–H groups in total. The first-order valence-corrected chi connectivity index (χ1v) is 12.1. The molecule has 172 valence electrons. The van der Waals surface area contributed by atoms with Gasteiger partial charge in [0.1, 0.15) is 0 Å². The molecule has 1 saturated heterocycles. The van der Waals surface area contributed by atoms with Gasteiger partial charge in [0.25, 0.3) is 5.91 Å². The van der Waals surface area contributed by atoms with E-state index in [9.17, 15) is 4.79 Å². The number of fused-ring (bicyclic) bond motifs is 2. The minimum absolute atomic E-state index is 0.111. The lowest BCUT2D eigenvalue weighted by Gasteiger charge is -2.27. The van der Waals surface area contributed by atoms with Crippen LogP contribution in [0.1, 0.15) is 12.0 Å². The smallest absolute Gasteiger partial charge is 0.252 e. The second kappa shape index (κ2) is 10.1. The van der Waals surface area contributed by atoms with Gasteiger partial charge in [-0.3, -0.25) is 14.6 Å². The molecule has 5 rings (SSSR count). The molecule has 3 heterocycles. The van der Waals surface area contributed by atoms with Gasteiger partial charge >= 0.3 is 0 Å². The fourth-order valence-electron chi connectivity index (χ4n) is 3.85. The maximum Gasteiger partial charge on any atom is 0.252 e. The van der Waals surface area contributed by atoms with Crippen LogP contribution in [0.25, 0.3) is 16.3 Å². The zero-order chi connectivity index (χ0) is 22.6. The Hall–Kier alpha value is -2.65. The van der Waals surface area contributed by atoms with E-state index >= 15 is 0 Å². The summed E-state index contributed by atoms with van der Waals surface area (Å²) >= 11 is 7.63. The molecule has 0 radical (unpaired) electrons. The molecule has 9 heteroatoms. The number of carbonyl (C=O) groups excluding carboxylic acids is 1. The third kappa shape index (κ3) is 5.30. The average Bonchev–Trinajstić information content (AvgIpc) is 3.47. The Morgan fingerprint density at radius 3 is 2.88 bits per heavy atom. The molecule has 0 bridgehead atoms. The number of morpholine rings is 1. The maximum absolute atomic E-state index is 13.3. The van der Waals surface area contributed by atoms with Gasteiger partial charge in [0, 0.05) is 37.3 Å². The van der Waals surface area contributed by atoms with Crippen LogP contribution < -0.4 is 14.4 Å². The zero-order valence-electron chi connectivity index (χ0n) is 18.0. The molecule has 33 heavy (non-hydrogen) atoms. The van der Waals surface area contributed by atoms with Crippen LogP contribution in [-0.2, 0) is 9.53 Å². The van der Waals surface area contributed by atoms with Crippen molar-refractivity contribution in [3.63, 3.8) is 0 Å². The standard InChI is InChI=1S/C24H24ClN3O4S/c25-18-4-5-19-22(15-18)33-24(26-19)28(9-1-8-27-10-12-30-13-11-27)23(29)7-3-17-2-6-20-21(14-17)32-16-31-20/h2-7,14-15H,1,8-13,16H2/b7-3+. The number of rotatable bonds is 7. The lowest BCUT2D eigenvalue weighted by atomic mass is 10.2. The molecule has 0 aliphatic carbocycles. The Kier molecular flexibility index (Phi) is 6.78. The van der Waals surface area contributed by atoms with E-state index < -0.39 is 0 Å². The number of halogens is 1. The van der Waals surface area contributed by atoms with Crippen LogP contribution in [0.15, 0.2) is 42.5 Å². The van der Waals surface area contributed by atoms with E-state index in [1.807, 2.05) is 36.4 Å². The van der Waals surface area contributed by atoms with Crippen LogP contribution in [0.3, 0.4) is 0 Å². The molecule has 0 atom stereocenters. The van der Waals surface area contributed by atoms with E-state index in [1.54, 1.807) is 17.1 Å². The Morgan fingerprint density at radius 2 is 2.00 bits per heavy atom. The van der Waals surface area contributed by atoms with Gasteiger partial charge in [-0.15, -0.1) is 0 Å². The first-order chi connectivity index (χ1) is 16.2. The van der Waals surface area contributed by atoms with Crippen LogP contribution in [-0.4, -0.2) is 62.0 Å². The number of aromatic nitrogens is 1. The summed E-state index contributed by atoms with van der Waals surface area (Å²) in [4.78, 5) is 22.1. The summed E-state index contributed by atoms with van der Waals surface area (Å²) in [6.07, 6.45) is 4.23. The van der Waals surface area contributed by atoms with Crippen LogP contribution >= 0.6 is 22.9 Å². The Bertz CT molecular complexity index is 1180. The topological polar surface area (TPSA) is 64.1 Å². The van der Waals surface area contributed by atoms with Crippen molar-refractivity contribution in [1.82, 2.24) is 9.88 Å². The van der Waals surface area contributed by atoms with Crippen molar-refractivity contribution in [2.75, 3.05) is 51.1 Å². The number of thiazole rings is 1. The Morgan fingerprint density at radius 1 is 1.15 bits per heavy atom. The predicted molar refractivity (Wildman–Crippen MR) is 130 cm³/mol. The van der Waals surface area contributed by atoms with Crippen molar-refractivity contribution < 1.29 is 19.0 Å². The molecule has 3 aromatic rings. The summed E-state index contributed by atoms with van der Waals surface area (Å²) in [7, 11) is 0. The highest BCUT2D eigenvalue weighted by atomic mass is 35.5. The van der Waals surface area contributed by atoms with Gasteiger partial charge in [-0.05, 0) is 48.4 Å².